The molecule has 8 nitrogen and oxygen atoms in total. The van der Waals surface area contributed by atoms with Crippen molar-refractivity contribution >= 4 is 23.2 Å². The van der Waals surface area contributed by atoms with Gasteiger partial charge in [-0.15, -0.1) is 0 Å². The fourth-order valence-electron chi connectivity index (χ4n) is 2.23. The maximum Gasteiger partial charge on any atom is 0.305 e. The van der Waals surface area contributed by atoms with E-state index in [9.17, 15) is 19.7 Å². The van der Waals surface area contributed by atoms with E-state index in [0.717, 1.165) is 0 Å². The minimum absolute atomic E-state index is 0.0159. The van der Waals surface area contributed by atoms with Crippen molar-refractivity contribution in [1.29, 1.82) is 0 Å². The van der Waals surface area contributed by atoms with Gasteiger partial charge in [0.1, 0.15) is 11.3 Å². The molecule has 1 atom stereocenters. The van der Waals surface area contributed by atoms with Crippen LogP contribution in [0.5, 0.6) is 0 Å². The van der Waals surface area contributed by atoms with Crippen LogP contribution in [-0.2, 0) is 4.79 Å². The standard InChI is InChI=1S/C13H16N4O4/c1-2-14-10-5-3-4-9(12(10)17(20)21)13(19)16-8-6-11(18)15-7-8/h3-5,8,14H,2,6-7H2,1H3,(H,15,18)(H,16,19). The van der Waals surface area contributed by atoms with Gasteiger partial charge < -0.3 is 16.0 Å². The summed E-state index contributed by atoms with van der Waals surface area (Å²) in [6.07, 6.45) is 0.187. The number of hydrogen-bond acceptors (Lipinski definition) is 5. The van der Waals surface area contributed by atoms with Gasteiger partial charge in [-0.1, -0.05) is 6.07 Å². The molecule has 2 rings (SSSR count). The molecule has 1 aliphatic heterocycles. The third-order valence-electron chi connectivity index (χ3n) is 3.14. The van der Waals surface area contributed by atoms with Gasteiger partial charge in [0.15, 0.2) is 0 Å². The Balaban J connectivity index is 2.25. The highest BCUT2D eigenvalue weighted by Crippen LogP contribution is 2.28. The highest BCUT2D eigenvalue weighted by atomic mass is 16.6. The SMILES string of the molecule is CCNc1cccc(C(=O)NC2CNC(=O)C2)c1[N+](=O)[O-]. The van der Waals surface area contributed by atoms with Crippen molar-refractivity contribution in [3.63, 3.8) is 0 Å². The lowest BCUT2D eigenvalue weighted by Crippen LogP contribution is -2.36. The maximum absolute atomic E-state index is 12.2. The first-order valence-corrected chi connectivity index (χ1v) is 6.61. The van der Waals surface area contributed by atoms with Crippen molar-refractivity contribution in [1.82, 2.24) is 10.6 Å². The first kappa shape index (κ1) is 14.8. The molecular formula is C13H16N4O4. The first-order valence-electron chi connectivity index (χ1n) is 6.61. The first-order chi connectivity index (χ1) is 10.0. The molecule has 0 aliphatic carbocycles. The van der Waals surface area contributed by atoms with Crippen molar-refractivity contribution < 1.29 is 14.5 Å². The number of benzene rings is 1. The van der Waals surface area contributed by atoms with Crippen LogP contribution in [0, 0.1) is 10.1 Å². The van der Waals surface area contributed by atoms with Gasteiger partial charge >= 0.3 is 5.69 Å². The van der Waals surface area contributed by atoms with Crippen LogP contribution < -0.4 is 16.0 Å². The summed E-state index contributed by atoms with van der Waals surface area (Å²) < 4.78 is 0. The zero-order chi connectivity index (χ0) is 15.4. The van der Waals surface area contributed by atoms with Gasteiger partial charge in [0.25, 0.3) is 5.91 Å². The Hall–Kier alpha value is -2.64. The number of para-hydroxylation sites is 1. The number of amides is 2. The number of nitrogens with zero attached hydrogens (tertiary/aromatic N) is 1. The molecule has 21 heavy (non-hydrogen) atoms. The van der Waals surface area contributed by atoms with Gasteiger partial charge in [0.2, 0.25) is 5.91 Å². The highest BCUT2D eigenvalue weighted by Gasteiger charge is 2.28. The van der Waals surface area contributed by atoms with Crippen LogP contribution in [0.1, 0.15) is 23.7 Å². The average Bonchev–Trinajstić information content (AvgIpc) is 2.84. The van der Waals surface area contributed by atoms with Crippen LogP contribution in [0.3, 0.4) is 0 Å². The van der Waals surface area contributed by atoms with Crippen molar-refractivity contribution in [2.45, 2.75) is 19.4 Å². The number of anilines is 1. The van der Waals surface area contributed by atoms with Gasteiger partial charge in [-0.25, -0.2) is 0 Å². The minimum atomic E-state index is -0.578. The Morgan fingerprint density at radius 2 is 2.29 bits per heavy atom. The van der Waals surface area contributed by atoms with Crippen molar-refractivity contribution in [2.24, 2.45) is 0 Å². The maximum atomic E-state index is 12.2. The van der Waals surface area contributed by atoms with Gasteiger partial charge in [0, 0.05) is 19.5 Å². The van der Waals surface area contributed by atoms with Crippen LogP contribution >= 0.6 is 0 Å². The molecule has 0 spiro atoms. The van der Waals surface area contributed by atoms with Crippen molar-refractivity contribution in [3.05, 3.63) is 33.9 Å². The number of nitrogens with one attached hydrogen (secondary N) is 3. The van der Waals surface area contributed by atoms with E-state index in [1.807, 2.05) is 6.92 Å². The smallest absolute Gasteiger partial charge is 0.305 e. The predicted molar refractivity (Wildman–Crippen MR) is 76.1 cm³/mol. The van der Waals surface area contributed by atoms with E-state index in [0.29, 0.717) is 18.8 Å². The van der Waals surface area contributed by atoms with Gasteiger partial charge in [-0.3, -0.25) is 19.7 Å². The summed E-state index contributed by atoms with van der Waals surface area (Å²) in [7, 11) is 0. The summed E-state index contributed by atoms with van der Waals surface area (Å²) in [6, 6.07) is 4.20. The molecule has 0 aromatic heterocycles. The molecule has 1 aliphatic rings. The van der Waals surface area contributed by atoms with Crippen LogP contribution in [-0.4, -0.2) is 35.9 Å². The average molecular weight is 292 g/mol. The quantitative estimate of drug-likeness (QED) is 0.544. The molecular weight excluding hydrogens is 276 g/mol. The molecule has 1 heterocycles. The molecule has 0 bridgehead atoms. The molecule has 112 valence electrons. The molecule has 0 radical (unpaired) electrons. The Labute approximate surface area is 121 Å². The van der Waals surface area contributed by atoms with Crippen molar-refractivity contribution in [3.8, 4) is 0 Å². The minimum Gasteiger partial charge on any atom is -0.380 e. The summed E-state index contributed by atoms with van der Waals surface area (Å²) in [5, 5.41) is 19.3. The Morgan fingerprint density at radius 3 is 2.86 bits per heavy atom. The lowest BCUT2D eigenvalue weighted by Gasteiger charge is -2.12. The second kappa shape index (κ2) is 6.21. The normalized spacial score (nSPS) is 17.2. The number of nitro benzene ring substituents is 1. The van der Waals surface area contributed by atoms with E-state index in [1.165, 1.54) is 6.07 Å². The van der Waals surface area contributed by atoms with Crippen molar-refractivity contribution in [2.75, 3.05) is 18.4 Å². The van der Waals surface area contributed by atoms with E-state index in [-0.39, 0.29) is 29.6 Å². The number of carbonyl (C=O) groups is 2. The van der Waals surface area contributed by atoms with Crippen LogP contribution in [0.25, 0.3) is 0 Å². The fourth-order valence-corrected chi connectivity index (χ4v) is 2.23. The summed E-state index contributed by atoms with van der Waals surface area (Å²) in [5.74, 6) is -0.695. The highest BCUT2D eigenvalue weighted by molar-refractivity contribution is 6.01. The van der Waals surface area contributed by atoms with Crippen LogP contribution in [0.15, 0.2) is 18.2 Å². The number of rotatable bonds is 5. The van der Waals surface area contributed by atoms with E-state index in [2.05, 4.69) is 16.0 Å². The Morgan fingerprint density at radius 1 is 1.52 bits per heavy atom. The van der Waals surface area contributed by atoms with Gasteiger partial charge in [-0.2, -0.15) is 0 Å². The lowest BCUT2D eigenvalue weighted by atomic mass is 10.1. The molecule has 3 N–H and O–H groups in total. The topological polar surface area (TPSA) is 113 Å². The second-order valence-corrected chi connectivity index (χ2v) is 4.67. The van der Waals surface area contributed by atoms with Gasteiger partial charge in [-0.05, 0) is 19.1 Å². The molecule has 1 saturated heterocycles. The lowest BCUT2D eigenvalue weighted by molar-refractivity contribution is -0.384. The second-order valence-electron chi connectivity index (χ2n) is 4.67. The predicted octanol–water partition coefficient (Wildman–Crippen LogP) is 0.645. The summed E-state index contributed by atoms with van der Waals surface area (Å²) in [6.45, 7) is 2.66. The van der Waals surface area contributed by atoms with E-state index >= 15 is 0 Å². The Kier molecular flexibility index (Phi) is 4.36. The van der Waals surface area contributed by atoms with Gasteiger partial charge in [0.05, 0.1) is 11.0 Å². The molecule has 0 saturated carbocycles. The van der Waals surface area contributed by atoms with Crippen LogP contribution in [0.4, 0.5) is 11.4 Å². The van der Waals surface area contributed by atoms with E-state index in [4.69, 9.17) is 0 Å². The van der Waals surface area contributed by atoms with E-state index < -0.39 is 10.8 Å². The molecule has 1 unspecified atom stereocenters. The third kappa shape index (κ3) is 3.28. The largest absolute Gasteiger partial charge is 0.380 e. The molecule has 2 amide bonds. The fraction of sp³-hybridized carbons (Fsp3) is 0.385. The Bertz CT molecular complexity index is 588. The summed E-state index contributed by atoms with van der Waals surface area (Å²) in [5.41, 5.74) is 0.0303. The number of hydrogen-bond donors (Lipinski definition) is 3. The summed E-state index contributed by atoms with van der Waals surface area (Å²) in [4.78, 5) is 34.0. The number of nitro groups is 1. The zero-order valence-corrected chi connectivity index (χ0v) is 11.5. The zero-order valence-electron chi connectivity index (χ0n) is 11.5. The molecule has 1 aromatic carbocycles. The molecule has 1 fully saturated rings. The number of carbonyl (C=O) groups excluding carboxylic acids is 2. The third-order valence-corrected chi connectivity index (χ3v) is 3.14. The van der Waals surface area contributed by atoms with Crippen LogP contribution in [0.2, 0.25) is 0 Å². The summed E-state index contributed by atoms with van der Waals surface area (Å²) >= 11 is 0. The monoisotopic (exact) mass is 292 g/mol. The molecule has 8 heteroatoms. The van der Waals surface area contributed by atoms with E-state index in [1.54, 1.807) is 12.1 Å². The molecule has 1 aromatic rings.